The summed E-state index contributed by atoms with van der Waals surface area (Å²) in [7, 11) is 2.12. The maximum Gasteiger partial charge on any atom is 0.0730 e. The van der Waals surface area contributed by atoms with Crippen molar-refractivity contribution in [3.63, 3.8) is 0 Å². The molecule has 1 N–H and O–H groups in total. The first kappa shape index (κ1) is 13.4. The van der Waals surface area contributed by atoms with Crippen LogP contribution in [0.4, 0.5) is 0 Å². The van der Waals surface area contributed by atoms with Crippen molar-refractivity contribution in [1.82, 2.24) is 5.32 Å². The Labute approximate surface area is 107 Å². The number of hydrogen-bond acceptors (Lipinski definition) is 2. The molecule has 0 aromatic carbocycles. The van der Waals surface area contributed by atoms with Crippen LogP contribution in [0.2, 0.25) is 0 Å². The molecule has 1 aliphatic heterocycles. The third-order valence-corrected chi connectivity index (χ3v) is 4.67. The minimum Gasteiger partial charge on any atom is -0.377 e. The molecular weight excluding hydrogens is 210 g/mol. The van der Waals surface area contributed by atoms with E-state index in [0.717, 1.165) is 24.4 Å². The van der Waals surface area contributed by atoms with Crippen LogP contribution < -0.4 is 5.32 Å². The van der Waals surface area contributed by atoms with Crippen LogP contribution in [0.5, 0.6) is 0 Å². The highest BCUT2D eigenvalue weighted by molar-refractivity contribution is 4.89. The van der Waals surface area contributed by atoms with Crippen LogP contribution >= 0.6 is 0 Å². The topological polar surface area (TPSA) is 21.3 Å². The van der Waals surface area contributed by atoms with E-state index in [4.69, 9.17) is 4.74 Å². The Morgan fingerprint density at radius 1 is 1.06 bits per heavy atom. The lowest BCUT2D eigenvalue weighted by molar-refractivity contribution is -0.0285. The molecule has 0 bridgehead atoms. The molecule has 2 rings (SSSR count). The van der Waals surface area contributed by atoms with Gasteiger partial charge in [0.2, 0.25) is 0 Å². The summed E-state index contributed by atoms with van der Waals surface area (Å²) in [5.74, 6) is 2.60. The first-order chi connectivity index (χ1) is 8.20. The molecule has 100 valence electrons. The molecule has 1 saturated heterocycles. The first-order valence-corrected chi connectivity index (χ1v) is 7.49. The SMILES string of the molecule is CNC(C1CC(C)CC(C)C1)C1CCCCO1. The fourth-order valence-electron chi connectivity index (χ4n) is 4.08. The van der Waals surface area contributed by atoms with Crippen molar-refractivity contribution in [2.45, 2.75) is 64.5 Å². The molecule has 2 heteroatoms. The van der Waals surface area contributed by atoms with Crippen molar-refractivity contribution in [2.75, 3.05) is 13.7 Å². The quantitative estimate of drug-likeness (QED) is 0.816. The number of likely N-dealkylation sites (N-methyl/N-ethyl adjacent to an activating group) is 1. The third-order valence-electron chi connectivity index (χ3n) is 4.67. The molecule has 2 aliphatic rings. The van der Waals surface area contributed by atoms with E-state index in [1.165, 1.54) is 38.5 Å². The van der Waals surface area contributed by atoms with Gasteiger partial charge in [-0.3, -0.25) is 0 Å². The zero-order chi connectivity index (χ0) is 12.3. The second-order valence-corrected chi connectivity index (χ2v) is 6.40. The summed E-state index contributed by atoms with van der Waals surface area (Å²) in [5.41, 5.74) is 0. The summed E-state index contributed by atoms with van der Waals surface area (Å²) in [6.45, 7) is 5.80. The second-order valence-electron chi connectivity index (χ2n) is 6.40. The van der Waals surface area contributed by atoms with Gasteiger partial charge in [0, 0.05) is 12.6 Å². The highest BCUT2D eigenvalue weighted by atomic mass is 16.5. The van der Waals surface area contributed by atoms with E-state index in [9.17, 15) is 0 Å². The lowest BCUT2D eigenvalue weighted by Crippen LogP contribution is -2.48. The second kappa shape index (κ2) is 6.19. The molecule has 1 heterocycles. The summed E-state index contributed by atoms with van der Waals surface area (Å²) >= 11 is 0. The third kappa shape index (κ3) is 3.45. The Hall–Kier alpha value is -0.0800. The molecule has 4 unspecified atom stereocenters. The van der Waals surface area contributed by atoms with Gasteiger partial charge in [0.05, 0.1) is 6.10 Å². The fourth-order valence-corrected chi connectivity index (χ4v) is 4.08. The van der Waals surface area contributed by atoms with E-state index in [2.05, 4.69) is 26.2 Å². The van der Waals surface area contributed by atoms with Gasteiger partial charge in [-0.15, -0.1) is 0 Å². The van der Waals surface area contributed by atoms with Crippen molar-refractivity contribution in [3.05, 3.63) is 0 Å². The number of nitrogens with one attached hydrogen (secondary N) is 1. The van der Waals surface area contributed by atoms with Gasteiger partial charge < -0.3 is 10.1 Å². The summed E-state index contributed by atoms with van der Waals surface area (Å²) in [6.07, 6.45) is 8.51. The van der Waals surface area contributed by atoms with Crippen LogP contribution in [0.1, 0.15) is 52.4 Å². The Morgan fingerprint density at radius 3 is 2.29 bits per heavy atom. The number of rotatable bonds is 3. The minimum absolute atomic E-state index is 0.469. The van der Waals surface area contributed by atoms with E-state index < -0.39 is 0 Å². The minimum atomic E-state index is 0.469. The maximum absolute atomic E-state index is 5.99. The van der Waals surface area contributed by atoms with Crippen molar-refractivity contribution in [2.24, 2.45) is 17.8 Å². The molecule has 2 fully saturated rings. The van der Waals surface area contributed by atoms with Crippen molar-refractivity contribution in [1.29, 1.82) is 0 Å². The van der Waals surface area contributed by atoms with Gasteiger partial charge >= 0.3 is 0 Å². The molecule has 4 atom stereocenters. The predicted molar refractivity (Wildman–Crippen MR) is 72.1 cm³/mol. The average Bonchev–Trinajstić information content (AvgIpc) is 2.30. The van der Waals surface area contributed by atoms with Gasteiger partial charge in [0.1, 0.15) is 0 Å². The normalized spacial score (nSPS) is 41.1. The molecule has 17 heavy (non-hydrogen) atoms. The van der Waals surface area contributed by atoms with Gasteiger partial charge in [0.25, 0.3) is 0 Å². The lowest BCUT2D eigenvalue weighted by Gasteiger charge is -2.41. The van der Waals surface area contributed by atoms with Crippen LogP contribution in [0, 0.1) is 17.8 Å². The fraction of sp³-hybridized carbons (Fsp3) is 1.00. The molecule has 0 amide bonds. The molecule has 0 aromatic heterocycles. The smallest absolute Gasteiger partial charge is 0.0730 e. The zero-order valence-electron chi connectivity index (χ0n) is 11.7. The van der Waals surface area contributed by atoms with Gasteiger partial charge in [-0.2, -0.15) is 0 Å². The van der Waals surface area contributed by atoms with Crippen molar-refractivity contribution >= 4 is 0 Å². The predicted octanol–water partition coefficient (Wildman–Crippen LogP) is 3.22. The summed E-state index contributed by atoms with van der Waals surface area (Å²) in [4.78, 5) is 0. The highest BCUT2D eigenvalue weighted by Gasteiger charge is 2.34. The average molecular weight is 239 g/mol. The van der Waals surface area contributed by atoms with Gasteiger partial charge in [0.15, 0.2) is 0 Å². The van der Waals surface area contributed by atoms with Crippen LogP contribution in [0.3, 0.4) is 0 Å². The summed E-state index contributed by atoms with van der Waals surface area (Å²) in [6, 6.07) is 0.584. The van der Waals surface area contributed by atoms with Crippen LogP contribution in [-0.4, -0.2) is 25.8 Å². The van der Waals surface area contributed by atoms with E-state index in [-0.39, 0.29) is 0 Å². The molecule has 2 nitrogen and oxygen atoms in total. The van der Waals surface area contributed by atoms with Gasteiger partial charge in [-0.1, -0.05) is 13.8 Å². The van der Waals surface area contributed by atoms with E-state index in [0.29, 0.717) is 12.1 Å². The summed E-state index contributed by atoms with van der Waals surface area (Å²) in [5, 5.41) is 3.56. The van der Waals surface area contributed by atoms with Crippen LogP contribution in [0.25, 0.3) is 0 Å². The Morgan fingerprint density at radius 2 is 1.76 bits per heavy atom. The summed E-state index contributed by atoms with van der Waals surface area (Å²) < 4.78 is 5.99. The first-order valence-electron chi connectivity index (χ1n) is 7.49. The Bertz CT molecular complexity index is 215. The van der Waals surface area contributed by atoms with Crippen molar-refractivity contribution in [3.8, 4) is 0 Å². The highest BCUT2D eigenvalue weighted by Crippen LogP contribution is 2.36. The lowest BCUT2D eigenvalue weighted by atomic mass is 9.72. The van der Waals surface area contributed by atoms with Crippen molar-refractivity contribution < 1.29 is 4.74 Å². The maximum atomic E-state index is 5.99. The Balaban J connectivity index is 1.96. The van der Waals surface area contributed by atoms with Gasteiger partial charge in [-0.25, -0.2) is 0 Å². The van der Waals surface area contributed by atoms with E-state index in [1.54, 1.807) is 0 Å². The largest absolute Gasteiger partial charge is 0.377 e. The van der Waals surface area contributed by atoms with E-state index in [1.807, 2.05) is 0 Å². The zero-order valence-corrected chi connectivity index (χ0v) is 11.7. The molecule has 1 saturated carbocycles. The molecule has 0 radical (unpaired) electrons. The molecule has 1 aliphatic carbocycles. The van der Waals surface area contributed by atoms with Crippen LogP contribution in [-0.2, 0) is 4.74 Å². The molecule has 0 spiro atoms. The monoisotopic (exact) mass is 239 g/mol. The van der Waals surface area contributed by atoms with E-state index >= 15 is 0 Å². The number of ether oxygens (including phenoxy) is 1. The Kier molecular flexibility index (Phi) is 4.87. The molecule has 0 aromatic rings. The molecular formula is C15H29NO. The van der Waals surface area contributed by atoms with Gasteiger partial charge in [-0.05, 0) is 63.3 Å². The number of hydrogen-bond donors (Lipinski definition) is 1. The standard InChI is InChI=1S/C15H29NO/c1-11-8-12(2)10-13(9-11)15(16-3)14-6-4-5-7-17-14/h11-16H,4-10H2,1-3H3. The van der Waals surface area contributed by atoms with Crippen LogP contribution in [0.15, 0.2) is 0 Å².